The van der Waals surface area contributed by atoms with Crippen molar-refractivity contribution in [3.63, 3.8) is 0 Å². The number of benzene rings is 1. The molecule has 0 bridgehead atoms. The first-order valence-electron chi connectivity index (χ1n) is 7.37. The van der Waals surface area contributed by atoms with Crippen LogP contribution in [0.2, 0.25) is 0 Å². The van der Waals surface area contributed by atoms with Crippen LogP contribution >= 0.6 is 0 Å². The van der Waals surface area contributed by atoms with E-state index < -0.39 is 51.9 Å². The summed E-state index contributed by atoms with van der Waals surface area (Å²) in [6, 6.07) is 1.12. The molecule has 2 aliphatic rings. The number of nitrogens with one attached hydrogen (secondary N) is 1. The van der Waals surface area contributed by atoms with E-state index in [2.05, 4.69) is 5.10 Å². The summed E-state index contributed by atoms with van der Waals surface area (Å²) in [5.41, 5.74) is -0.727. The van der Waals surface area contributed by atoms with Crippen LogP contribution in [-0.4, -0.2) is 41.7 Å². The van der Waals surface area contributed by atoms with E-state index in [0.29, 0.717) is 4.31 Å². The lowest BCUT2D eigenvalue weighted by atomic mass is 10.1. The second kappa shape index (κ2) is 5.13. The molecule has 138 valence electrons. The van der Waals surface area contributed by atoms with E-state index in [1.165, 1.54) is 12.3 Å². The number of anilines is 1. The summed E-state index contributed by atoms with van der Waals surface area (Å²) < 4.78 is 68.1. The van der Waals surface area contributed by atoms with Crippen molar-refractivity contribution < 1.29 is 31.5 Å². The average molecular weight is 388 g/mol. The summed E-state index contributed by atoms with van der Waals surface area (Å²) in [6.07, 6.45) is 2.01. The standard InChI is InChI=1S/C14H11F3N4O4S/c15-12-8(7-4-18-20(5-7)10-3-14(10,16)17)1-2-9(22)13(12)21-6-11(23)19-26(21,24)25/h1-2,4-5,10,22H,3,6H2,(H,19,23). The molecule has 1 unspecified atom stereocenters. The van der Waals surface area contributed by atoms with Gasteiger partial charge in [0, 0.05) is 23.7 Å². The molecule has 26 heavy (non-hydrogen) atoms. The predicted molar refractivity (Wildman–Crippen MR) is 82.3 cm³/mol. The molecule has 1 aliphatic carbocycles. The Labute approximate surface area is 145 Å². The Morgan fingerprint density at radius 2 is 2.04 bits per heavy atom. The van der Waals surface area contributed by atoms with Crippen LogP contribution in [0.5, 0.6) is 5.75 Å². The van der Waals surface area contributed by atoms with E-state index in [9.17, 15) is 31.5 Å². The zero-order valence-corrected chi connectivity index (χ0v) is 13.7. The first kappa shape index (κ1) is 16.7. The van der Waals surface area contributed by atoms with E-state index in [-0.39, 0.29) is 17.5 Å². The summed E-state index contributed by atoms with van der Waals surface area (Å²) in [5, 5.41) is 13.7. The van der Waals surface area contributed by atoms with Gasteiger partial charge in [0.05, 0.1) is 6.20 Å². The van der Waals surface area contributed by atoms with Crippen LogP contribution in [0.1, 0.15) is 12.5 Å². The summed E-state index contributed by atoms with van der Waals surface area (Å²) in [5.74, 6) is -5.55. The minimum absolute atomic E-state index is 0.127. The number of hydrogen-bond acceptors (Lipinski definition) is 5. The van der Waals surface area contributed by atoms with Gasteiger partial charge >= 0.3 is 10.2 Å². The predicted octanol–water partition coefficient (Wildman–Crippen LogP) is 1.16. The molecule has 2 fully saturated rings. The van der Waals surface area contributed by atoms with Crippen molar-refractivity contribution in [3.05, 3.63) is 30.3 Å². The molecule has 8 nitrogen and oxygen atoms in total. The van der Waals surface area contributed by atoms with Crippen LogP contribution in [0.15, 0.2) is 24.5 Å². The highest BCUT2D eigenvalue weighted by molar-refractivity contribution is 7.92. The molecule has 0 radical (unpaired) electrons. The minimum Gasteiger partial charge on any atom is -0.506 e. The molecule has 1 aromatic carbocycles. The van der Waals surface area contributed by atoms with Gasteiger partial charge in [0.1, 0.15) is 24.0 Å². The molecule has 1 amide bonds. The Bertz CT molecular complexity index is 1040. The van der Waals surface area contributed by atoms with Gasteiger partial charge in [0.25, 0.3) is 11.8 Å². The molecule has 2 N–H and O–H groups in total. The van der Waals surface area contributed by atoms with E-state index in [1.54, 1.807) is 4.72 Å². The van der Waals surface area contributed by atoms with E-state index in [0.717, 1.165) is 16.9 Å². The second-order valence-electron chi connectivity index (χ2n) is 6.02. The highest BCUT2D eigenvalue weighted by Gasteiger charge is 2.59. The number of amides is 1. The first-order chi connectivity index (χ1) is 12.1. The van der Waals surface area contributed by atoms with Crippen LogP contribution in [0, 0.1) is 5.82 Å². The van der Waals surface area contributed by atoms with Gasteiger partial charge in [-0.3, -0.25) is 9.48 Å². The number of carbonyl (C=O) groups is 1. The third kappa shape index (κ3) is 2.48. The molecule has 1 saturated heterocycles. The summed E-state index contributed by atoms with van der Waals surface area (Å²) >= 11 is 0. The fourth-order valence-corrected chi connectivity index (χ4v) is 3.96. The van der Waals surface area contributed by atoms with Crippen LogP contribution in [0.3, 0.4) is 0 Å². The second-order valence-corrected chi connectivity index (χ2v) is 7.62. The van der Waals surface area contributed by atoms with Crippen LogP contribution in [0.25, 0.3) is 11.1 Å². The number of aromatic hydroxyl groups is 1. The van der Waals surface area contributed by atoms with Crippen LogP contribution in [0.4, 0.5) is 18.9 Å². The average Bonchev–Trinajstić information content (AvgIpc) is 2.87. The van der Waals surface area contributed by atoms with Crippen molar-refractivity contribution in [1.82, 2.24) is 14.5 Å². The molecule has 4 rings (SSSR count). The summed E-state index contributed by atoms with van der Waals surface area (Å²) in [6.45, 7) is -0.691. The lowest BCUT2D eigenvalue weighted by Gasteiger charge is -2.18. The molecule has 1 aliphatic heterocycles. The Kier molecular flexibility index (Phi) is 3.29. The maximum atomic E-state index is 14.9. The number of alkyl halides is 2. The Morgan fingerprint density at radius 3 is 2.62 bits per heavy atom. The smallest absolute Gasteiger partial charge is 0.326 e. The normalized spacial score (nSPS) is 23.1. The van der Waals surface area contributed by atoms with Gasteiger partial charge in [-0.2, -0.15) is 13.5 Å². The number of halogens is 3. The Morgan fingerprint density at radius 1 is 1.35 bits per heavy atom. The van der Waals surface area contributed by atoms with Gasteiger partial charge < -0.3 is 5.11 Å². The zero-order chi connectivity index (χ0) is 18.9. The van der Waals surface area contributed by atoms with Crippen molar-refractivity contribution in [2.24, 2.45) is 0 Å². The lowest BCUT2D eigenvalue weighted by Crippen LogP contribution is -2.30. The van der Waals surface area contributed by atoms with Gasteiger partial charge in [-0.1, -0.05) is 0 Å². The van der Waals surface area contributed by atoms with E-state index >= 15 is 0 Å². The SMILES string of the molecule is O=C1CN(c2c(O)ccc(-c3cnn(C4CC4(F)F)c3)c2F)S(=O)(=O)N1. The third-order valence-corrected chi connectivity index (χ3v) is 5.57. The monoisotopic (exact) mass is 388 g/mol. The lowest BCUT2D eigenvalue weighted by molar-refractivity contribution is -0.117. The molecular formula is C14H11F3N4O4S. The highest BCUT2D eigenvalue weighted by Crippen LogP contribution is 2.52. The van der Waals surface area contributed by atoms with Crippen molar-refractivity contribution in [2.45, 2.75) is 18.4 Å². The molecule has 1 saturated carbocycles. The highest BCUT2D eigenvalue weighted by atomic mass is 32.2. The summed E-state index contributed by atoms with van der Waals surface area (Å²) in [4.78, 5) is 11.3. The topological polar surface area (TPSA) is 105 Å². The van der Waals surface area contributed by atoms with Gasteiger partial charge in [-0.05, 0) is 12.1 Å². The number of carbonyl (C=O) groups excluding carboxylic acids is 1. The number of phenols is 1. The first-order valence-corrected chi connectivity index (χ1v) is 8.81. The molecule has 0 spiro atoms. The van der Waals surface area contributed by atoms with Crippen LogP contribution < -0.4 is 9.03 Å². The molecule has 2 heterocycles. The van der Waals surface area contributed by atoms with E-state index in [1.807, 2.05) is 0 Å². The van der Waals surface area contributed by atoms with Gasteiger partial charge in [0.2, 0.25) is 0 Å². The Balaban J connectivity index is 1.77. The van der Waals surface area contributed by atoms with Gasteiger partial charge in [0.15, 0.2) is 5.82 Å². The number of rotatable bonds is 3. The largest absolute Gasteiger partial charge is 0.506 e. The Hall–Kier alpha value is -2.76. The molecule has 1 atom stereocenters. The fraction of sp³-hybridized carbons (Fsp3) is 0.286. The number of phenolic OH excluding ortho intramolecular Hbond substituents is 1. The quantitative estimate of drug-likeness (QED) is 0.821. The maximum Gasteiger partial charge on any atom is 0.326 e. The molecule has 12 heteroatoms. The van der Waals surface area contributed by atoms with Crippen molar-refractivity contribution in [3.8, 4) is 16.9 Å². The van der Waals surface area contributed by atoms with Crippen molar-refractivity contribution in [2.75, 3.05) is 10.8 Å². The number of nitrogens with zero attached hydrogens (tertiary/aromatic N) is 3. The fourth-order valence-electron chi connectivity index (χ4n) is 2.79. The summed E-state index contributed by atoms with van der Waals surface area (Å²) in [7, 11) is -4.33. The molecule has 1 aromatic heterocycles. The van der Waals surface area contributed by atoms with Crippen molar-refractivity contribution >= 4 is 21.8 Å². The third-order valence-electron chi connectivity index (χ3n) is 4.19. The molecular weight excluding hydrogens is 377 g/mol. The maximum absolute atomic E-state index is 14.9. The van der Waals surface area contributed by atoms with Crippen LogP contribution in [-0.2, 0) is 15.0 Å². The molecule has 2 aromatic rings. The number of hydrogen-bond donors (Lipinski definition) is 2. The van der Waals surface area contributed by atoms with Gasteiger partial charge in [-0.25, -0.2) is 22.2 Å². The zero-order valence-electron chi connectivity index (χ0n) is 12.9. The minimum atomic E-state index is -4.33. The van der Waals surface area contributed by atoms with Gasteiger partial charge in [-0.15, -0.1) is 0 Å². The van der Waals surface area contributed by atoms with E-state index in [4.69, 9.17) is 0 Å². The van der Waals surface area contributed by atoms with Crippen molar-refractivity contribution in [1.29, 1.82) is 0 Å². The number of aromatic nitrogens is 2.